The average molecular weight is 285 g/mol. The molecule has 4 nitrogen and oxygen atoms in total. The van der Waals surface area contributed by atoms with Crippen molar-refractivity contribution in [3.05, 3.63) is 60.2 Å². The van der Waals surface area contributed by atoms with Crippen molar-refractivity contribution in [2.75, 3.05) is 0 Å². The molecule has 0 heterocycles. The van der Waals surface area contributed by atoms with Gasteiger partial charge in [0.25, 0.3) is 10.1 Å². The minimum atomic E-state index is -4.14. The maximum Gasteiger partial charge on any atom is 1.00 e. The van der Waals surface area contributed by atoms with E-state index in [1.165, 1.54) is 24.3 Å². The van der Waals surface area contributed by atoms with Gasteiger partial charge < -0.3 is 1.43 Å². The molecule has 0 bridgehead atoms. The molecule has 0 spiro atoms. The fourth-order valence-electron chi connectivity index (χ4n) is 1.39. The van der Waals surface area contributed by atoms with Crippen molar-refractivity contribution in [1.82, 2.24) is 0 Å². The fourth-order valence-corrected chi connectivity index (χ4v) is 1.87. The Labute approximate surface area is 135 Å². The predicted octanol–water partition coefficient (Wildman–Crippen LogP) is -0.200. The third-order valence-corrected chi connectivity index (χ3v) is 3.16. The van der Waals surface area contributed by atoms with E-state index in [-0.39, 0.29) is 35.9 Å². The van der Waals surface area contributed by atoms with Crippen LogP contribution in [0.25, 0.3) is 0 Å². The number of aliphatic imine (C=N–C) groups is 1. The molecule has 0 aromatic heterocycles. The van der Waals surface area contributed by atoms with Gasteiger partial charge in [-0.1, -0.05) is 30.3 Å². The molecule has 0 aliphatic heterocycles. The van der Waals surface area contributed by atoms with E-state index < -0.39 is 10.1 Å². The zero-order valence-corrected chi connectivity index (χ0v) is 13.2. The van der Waals surface area contributed by atoms with Gasteiger partial charge in [0, 0.05) is 6.21 Å². The van der Waals surface area contributed by atoms with Crippen LogP contribution in [0.4, 0.5) is 5.69 Å². The van der Waals surface area contributed by atoms with Crippen molar-refractivity contribution in [3.8, 4) is 0 Å². The summed E-state index contributed by atoms with van der Waals surface area (Å²) in [4.78, 5) is 4.06. The summed E-state index contributed by atoms with van der Waals surface area (Å²) in [6, 6.07) is 15.2. The Kier molecular flexibility index (Phi) is 5.90. The van der Waals surface area contributed by atoms with Crippen LogP contribution in [0.1, 0.15) is 6.99 Å². The first-order valence-electron chi connectivity index (χ1n) is 5.22. The van der Waals surface area contributed by atoms with Crippen LogP contribution in [-0.2, 0) is 10.1 Å². The van der Waals surface area contributed by atoms with Gasteiger partial charge in [-0.15, -0.1) is 0 Å². The molecule has 0 unspecified atom stereocenters. The molecule has 0 aliphatic rings. The Bertz CT molecular complexity index is 658. The molecule has 0 fully saturated rings. The Morgan fingerprint density at radius 1 is 1.00 bits per heavy atom. The molecule has 0 amide bonds. The van der Waals surface area contributed by atoms with Crippen molar-refractivity contribution < 1.29 is 44.0 Å². The van der Waals surface area contributed by atoms with Crippen LogP contribution < -0.4 is 29.6 Å². The minimum absolute atomic E-state index is 0. The molecule has 0 saturated heterocycles. The Balaban J connectivity index is 0.00000180. The second-order valence-electron chi connectivity index (χ2n) is 3.64. The zero-order valence-electron chi connectivity index (χ0n) is 11.4. The van der Waals surface area contributed by atoms with Gasteiger partial charge in [-0.2, -0.15) is 8.42 Å². The van der Waals surface area contributed by atoms with Crippen molar-refractivity contribution in [3.63, 3.8) is 0 Å². The molecule has 94 valence electrons. The van der Waals surface area contributed by atoms with Gasteiger partial charge in [0.1, 0.15) is 0 Å². The smallest absolute Gasteiger partial charge is 1.00 e. The van der Waals surface area contributed by atoms with E-state index in [1.54, 1.807) is 6.21 Å². The number of benzene rings is 2. The molecule has 0 saturated carbocycles. The van der Waals surface area contributed by atoms with Crippen molar-refractivity contribution in [1.29, 1.82) is 0 Å². The molecule has 2 aromatic carbocycles. The molecule has 1 N–H and O–H groups in total. The van der Waals surface area contributed by atoms with E-state index in [0.29, 0.717) is 5.69 Å². The standard InChI is InChI=1S/C13H11NO3S.Na.H/c15-18(16,17)13-8-6-12(7-9-13)14-10-11-4-2-1-3-5-11;;/h1-10H,(H,15,16,17);;/q;+1;-1. The minimum Gasteiger partial charge on any atom is -1.00 e. The molecular weight excluding hydrogens is 273 g/mol. The number of hydrogen-bond acceptors (Lipinski definition) is 3. The summed E-state index contributed by atoms with van der Waals surface area (Å²) in [6.45, 7) is 0. The summed E-state index contributed by atoms with van der Waals surface area (Å²) in [5.41, 5.74) is 1.57. The van der Waals surface area contributed by atoms with Crippen molar-refractivity contribution >= 4 is 22.0 Å². The van der Waals surface area contributed by atoms with E-state index in [9.17, 15) is 8.42 Å². The molecule has 0 aliphatic carbocycles. The number of nitrogens with zero attached hydrogens (tertiary/aromatic N) is 1. The molecule has 19 heavy (non-hydrogen) atoms. The number of rotatable bonds is 3. The van der Waals surface area contributed by atoms with Crippen molar-refractivity contribution in [2.24, 2.45) is 4.99 Å². The quantitative estimate of drug-likeness (QED) is 0.482. The summed E-state index contributed by atoms with van der Waals surface area (Å²) in [6.07, 6.45) is 1.68. The SMILES string of the molecule is O=S(=O)(O)c1ccc(N=Cc2ccccc2)cc1.[H-].[Na+]. The van der Waals surface area contributed by atoms with Gasteiger partial charge in [0.15, 0.2) is 0 Å². The van der Waals surface area contributed by atoms with E-state index in [4.69, 9.17) is 4.55 Å². The summed E-state index contributed by atoms with van der Waals surface area (Å²) in [5.74, 6) is 0. The molecule has 0 radical (unpaired) electrons. The largest absolute Gasteiger partial charge is 1.00 e. The molecule has 0 atom stereocenters. The topological polar surface area (TPSA) is 66.7 Å². The molecular formula is C13H12NNaO3S. The van der Waals surface area contributed by atoms with Crippen LogP contribution in [0, 0.1) is 0 Å². The van der Waals surface area contributed by atoms with Crippen LogP contribution >= 0.6 is 0 Å². The van der Waals surface area contributed by atoms with Gasteiger partial charge in [0.05, 0.1) is 10.6 Å². The van der Waals surface area contributed by atoms with E-state index in [2.05, 4.69) is 4.99 Å². The number of hydrogen-bond donors (Lipinski definition) is 1. The van der Waals surface area contributed by atoms with Crippen LogP contribution in [0.15, 0.2) is 64.5 Å². The Morgan fingerprint density at radius 3 is 2.11 bits per heavy atom. The normalized spacial score (nSPS) is 11.2. The first-order chi connectivity index (χ1) is 8.55. The maximum atomic E-state index is 10.8. The van der Waals surface area contributed by atoms with Crippen LogP contribution in [-0.4, -0.2) is 19.2 Å². The van der Waals surface area contributed by atoms with Crippen LogP contribution in [0.3, 0.4) is 0 Å². The maximum absolute atomic E-state index is 10.8. The zero-order chi connectivity index (χ0) is 13.0. The second-order valence-corrected chi connectivity index (χ2v) is 5.06. The molecule has 2 aromatic rings. The Morgan fingerprint density at radius 2 is 1.58 bits per heavy atom. The molecule has 2 rings (SSSR count). The van der Waals surface area contributed by atoms with Crippen LogP contribution in [0.2, 0.25) is 0 Å². The van der Waals surface area contributed by atoms with Gasteiger partial charge >= 0.3 is 29.6 Å². The first kappa shape index (κ1) is 16.1. The second kappa shape index (κ2) is 6.98. The summed E-state index contributed by atoms with van der Waals surface area (Å²) < 4.78 is 30.5. The molecule has 6 heteroatoms. The van der Waals surface area contributed by atoms with Gasteiger partial charge in [-0.3, -0.25) is 9.55 Å². The van der Waals surface area contributed by atoms with Crippen LogP contribution in [0.5, 0.6) is 0 Å². The summed E-state index contributed by atoms with van der Waals surface area (Å²) in [5, 5.41) is 0. The third kappa shape index (κ3) is 4.89. The average Bonchev–Trinajstić information content (AvgIpc) is 2.37. The first-order valence-corrected chi connectivity index (χ1v) is 6.66. The van der Waals surface area contributed by atoms with E-state index in [0.717, 1.165) is 5.56 Å². The summed E-state index contributed by atoms with van der Waals surface area (Å²) >= 11 is 0. The van der Waals surface area contributed by atoms with E-state index in [1.807, 2.05) is 30.3 Å². The van der Waals surface area contributed by atoms with Gasteiger partial charge in [-0.05, 0) is 29.8 Å². The van der Waals surface area contributed by atoms with Gasteiger partial charge in [-0.25, -0.2) is 0 Å². The summed E-state index contributed by atoms with van der Waals surface area (Å²) in [7, 11) is -4.14. The predicted molar refractivity (Wildman–Crippen MR) is 71.1 cm³/mol. The monoisotopic (exact) mass is 285 g/mol. The third-order valence-electron chi connectivity index (χ3n) is 2.30. The van der Waals surface area contributed by atoms with Gasteiger partial charge in [0.2, 0.25) is 0 Å². The Hall–Kier alpha value is -0.980. The fraction of sp³-hybridized carbons (Fsp3) is 0. The van der Waals surface area contributed by atoms with Crippen molar-refractivity contribution in [2.45, 2.75) is 4.90 Å². The van der Waals surface area contributed by atoms with E-state index >= 15 is 0 Å².